The number of carbonyl (C=O) groups is 2. The number of hydrogen-bond acceptors (Lipinski definition) is 2. The SMILES string of the molecule is CC1CC(C(=O)O)c2ccccc2N1C(=O)c1cccc(F)c1. The molecule has 0 fully saturated rings. The maximum Gasteiger partial charge on any atom is 0.311 e. The molecule has 1 N–H and O–H groups in total. The fourth-order valence-electron chi connectivity index (χ4n) is 3.12. The molecule has 2 atom stereocenters. The van der Waals surface area contributed by atoms with Crippen LogP contribution < -0.4 is 4.90 Å². The van der Waals surface area contributed by atoms with Crippen LogP contribution in [0.2, 0.25) is 0 Å². The number of aliphatic carboxylic acids is 1. The third-order valence-electron chi connectivity index (χ3n) is 4.18. The van der Waals surface area contributed by atoms with E-state index in [1.165, 1.54) is 18.2 Å². The van der Waals surface area contributed by atoms with Crippen molar-refractivity contribution in [2.45, 2.75) is 25.3 Å². The van der Waals surface area contributed by atoms with E-state index in [2.05, 4.69) is 0 Å². The van der Waals surface area contributed by atoms with Crippen LogP contribution in [0.15, 0.2) is 48.5 Å². The lowest BCUT2D eigenvalue weighted by atomic mass is 9.85. The summed E-state index contributed by atoms with van der Waals surface area (Å²) in [5.41, 5.74) is 1.44. The summed E-state index contributed by atoms with van der Waals surface area (Å²) in [6, 6.07) is 12.2. The first-order valence-electron chi connectivity index (χ1n) is 7.40. The lowest BCUT2D eigenvalue weighted by molar-refractivity contribution is -0.139. The Labute approximate surface area is 133 Å². The molecule has 5 heteroatoms. The van der Waals surface area contributed by atoms with Gasteiger partial charge in [-0.15, -0.1) is 0 Å². The molecule has 23 heavy (non-hydrogen) atoms. The summed E-state index contributed by atoms with van der Waals surface area (Å²) < 4.78 is 13.4. The van der Waals surface area contributed by atoms with E-state index in [0.29, 0.717) is 17.7 Å². The van der Waals surface area contributed by atoms with Gasteiger partial charge in [0.2, 0.25) is 0 Å². The van der Waals surface area contributed by atoms with E-state index in [1.807, 2.05) is 6.92 Å². The highest BCUT2D eigenvalue weighted by molar-refractivity contribution is 6.07. The van der Waals surface area contributed by atoms with Gasteiger partial charge in [-0.3, -0.25) is 9.59 Å². The van der Waals surface area contributed by atoms with Crippen molar-refractivity contribution in [1.82, 2.24) is 0 Å². The average Bonchev–Trinajstić information content (AvgIpc) is 2.53. The van der Waals surface area contributed by atoms with Gasteiger partial charge in [0.05, 0.1) is 5.92 Å². The largest absolute Gasteiger partial charge is 0.481 e. The van der Waals surface area contributed by atoms with Crippen molar-refractivity contribution in [3.8, 4) is 0 Å². The van der Waals surface area contributed by atoms with E-state index in [-0.39, 0.29) is 17.5 Å². The van der Waals surface area contributed by atoms with Crippen LogP contribution in [0, 0.1) is 5.82 Å². The van der Waals surface area contributed by atoms with Crippen LogP contribution >= 0.6 is 0 Å². The number of carboxylic acid groups (broad SMARTS) is 1. The molecule has 2 aromatic rings. The molecular weight excluding hydrogens is 297 g/mol. The first-order valence-corrected chi connectivity index (χ1v) is 7.40. The van der Waals surface area contributed by atoms with Gasteiger partial charge < -0.3 is 10.0 Å². The summed E-state index contributed by atoms with van der Waals surface area (Å²) in [6.07, 6.45) is 0.327. The van der Waals surface area contributed by atoms with E-state index in [4.69, 9.17) is 0 Å². The van der Waals surface area contributed by atoms with Gasteiger partial charge in [0.25, 0.3) is 5.91 Å². The van der Waals surface area contributed by atoms with Crippen LogP contribution in [0.1, 0.15) is 35.2 Å². The molecule has 2 aromatic carbocycles. The number of para-hydroxylation sites is 1. The Morgan fingerprint density at radius 1 is 1.17 bits per heavy atom. The minimum Gasteiger partial charge on any atom is -0.481 e. The molecule has 1 aliphatic heterocycles. The predicted molar refractivity (Wildman–Crippen MR) is 84.1 cm³/mol. The summed E-state index contributed by atoms with van der Waals surface area (Å²) in [5, 5.41) is 9.43. The molecule has 0 aromatic heterocycles. The molecule has 0 saturated heterocycles. The van der Waals surface area contributed by atoms with Gasteiger partial charge in [0, 0.05) is 17.3 Å². The van der Waals surface area contributed by atoms with E-state index >= 15 is 0 Å². The van der Waals surface area contributed by atoms with E-state index in [1.54, 1.807) is 35.2 Å². The third-order valence-corrected chi connectivity index (χ3v) is 4.18. The maximum absolute atomic E-state index is 13.4. The number of halogens is 1. The van der Waals surface area contributed by atoms with Crippen LogP contribution in [-0.2, 0) is 4.79 Å². The van der Waals surface area contributed by atoms with Gasteiger partial charge in [-0.05, 0) is 43.2 Å². The summed E-state index contributed by atoms with van der Waals surface area (Å²) in [7, 11) is 0. The fourth-order valence-corrected chi connectivity index (χ4v) is 3.12. The van der Waals surface area contributed by atoms with Gasteiger partial charge in [0.1, 0.15) is 5.82 Å². The minimum atomic E-state index is -0.901. The van der Waals surface area contributed by atoms with Gasteiger partial charge in [-0.1, -0.05) is 24.3 Å². The molecule has 0 aliphatic carbocycles. The van der Waals surface area contributed by atoms with Gasteiger partial charge in [-0.25, -0.2) is 4.39 Å². The highest BCUT2D eigenvalue weighted by atomic mass is 19.1. The Morgan fingerprint density at radius 3 is 2.61 bits per heavy atom. The molecule has 0 spiro atoms. The van der Waals surface area contributed by atoms with Crippen molar-refractivity contribution in [3.63, 3.8) is 0 Å². The molecule has 3 rings (SSSR count). The van der Waals surface area contributed by atoms with Crippen molar-refractivity contribution in [2.24, 2.45) is 0 Å². The highest BCUT2D eigenvalue weighted by Crippen LogP contribution is 2.39. The molecule has 0 saturated carbocycles. The minimum absolute atomic E-state index is 0.250. The van der Waals surface area contributed by atoms with Gasteiger partial charge >= 0.3 is 5.97 Å². The van der Waals surface area contributed by atoms with Crippen LogP contribution in [0.3, 0.4) is 0 Å². The van der Waals surface area contributed by atoms with Gasteiger partial charge in [0.15, 0.2) is 0 Å². The Kier molecular flexibility index (Phi) is 3.86. The number of benzene rings is 2. The van der Waals surface area contributed by atoms with Crippen molar-refractivity contribution in [2.75, 3.05) is 4.90 Å². The Hall–Kier alpha value is -2.69. The molecule has 1 amide bonds. The number of fused-ring (bicyclic) bond motifs is 1. The molecule has 1 aliphatic rings. The number of nitrogens with zero attached hydrogens (tertiary/aromatic N) is 1. The quantitative estimate of drug-likeness (QED) is 0.924. The summed E-state index contributed by atoms with van der Waals surface area (Å²) in [4.78, 5) is 25.9. The Balaban J connectivity index is 2.07. The van der Waals surface area contributed by atoms with Gasteiger partial charge in [-0.2, -0.15) is 0 Å². The normalized spacial score (nSPS) is 20.0. The number of anilines is 1. The molecule has 118 valence electrons. The highest BCUT2D eigenvalue weighted by Gasteiger charge is 2.37. The zero-order chi connectivity index (χ0) is 16.6. The number of carbonyl (C=O) groups excluding carboxylic acids is 1. The molecule has 0 bridgehead atoms. The molecular formula is C18H16FNO3. The summed E-state index contributed by atoms with van der Waals surface area (Å²) >= 11 is 0. The van der Waals surface area contributed by atoms with Crippen molar-refractivity contribution in [3.05, 3.63) is 65.5 Å². The van der Waals surface area contributed by atoms with Crippen LogP contribution in [-0.4, -0.2) is 23.0 Å². The zero-order valence-corrected chi connectivity index (χ0v) is 12.6. The van der Waals surface area contributed by atoms with E-state index in [0.717, 1.165) is 0 Å². The topological polar surface area (TPSA) is 57.6 Å². The second-order valence-electron chi connectivity index (χ2n) is 5.72. The molecule has 4 nitrogen and oxygen atoms in total. The van der Waals surface area contributed by atoms with Crippen molar-refractivity contribution in [1.29, 1.82) is 0 Å². The first kappa shape index (κ1) is 15.2. The molecule has 2 unspecified atom stereocenters. The lowest BCUT2D eigenvalue weighted by Gasteiger charge is -2.38. The Morgan fingerprint density at radius 2 is 1.91 bits per heavy atom. The number of carboxylic acids is 1. The van der Waals surface area contributed by atoms with Crippen molar-refractivity contribution >= 4 is 17.6 Å². The molecule has 0 radical (unpaired) electrons. The van der Waals surface area contributed by atoms with Crippen LogP contribution in [0.4, 0.5) is 10.1 Å². The third kappa shape index (κ3) is 2.70. The van der Waals surface area contributed by atoms with Crippen LogP contribution in [0.5, 0.6) is 0 Å². The number of amides is 1. The first-order chi connectivity index (χ1) is 11.0. The summed E-state index contributed by atoms with van der Waals surface area (Å²) in [5.74, 6) is -2.34. The predicted octanol–water partition coefficient (Wildman–Crippen LogP) is 3.43. The smallest absolute Gasteiger partial charge is 0.311 e. The Bertz CT molecular complexity index is 774. The zero-order valence-electron chi connectivity index (χ0n) is 12.6. The van der Waals surface area contributed by atoms with Crippen molar-refractivity contribution < 1.29 is 19.1 Å². The fraction of sp³-hybridized carbons (Fsp3) is 0.222. The second-order valence-corrected chi connectivity index (χ2v) is 5.72. The monoisotopic (exact) mass is 313 g/mol. The maximum atomic E-state index is 13.4. The van der Waals surface area contributed by atoms with E-state index < -0.39 is 17.7 Å². The van der Waals surface area contributed by atoms with E-state index in [9.17, 15) is 19.1 Å². The summed E-state index contributed by atoms with van der Waals surface area (Å²) in [6.45, 7) is 1.81. The standard InChI is InChI=1S/C18H16FNO3/c1-11-9-15(18(22)23)14-7-2-3-8-16(14)20(11)17(21)12-5-4-6-13(19)10-12/h2-8,10-11,15H,9H2,1H3,(H,22,23). The second kappa shape index (κ2) is 5.83. The number of hydrogen-bond donors (Lipinski definition) is 1. The average molecular weight is 313 g/mol. The lowest BCUT2D eigenvalue weighted by Crippen LogP contribution is -2.44. The number of rotatable bonds is 2. The van der Waals surface area contributed by atoms with Crippen LogP contribution in [0.25, 0.3) is 0 Å². The molecule has 1 heterocycles.